The average Bonchev–Trinajstić information content (AvgIpc) is 2.14. The smallest absolute Gasteiger partial charge is 0.183 e. The van der Waals surface area contributed by atoms with Gasteiger partial charge in [-0.1, -0.05) is 6.07 Å². The summed E-state index contributed by atoms with van der Waals surface area (Å²) in [5.41, 5.74) is 1.83. The molecule has 0 aliphatic carbocycles. The molecule has 0 saturated heterocycles. The first-order valence-corrected chi connectivity index (χ1v) is 4.81. The third kappa shape index (κ3) is 3.47. The van der Waals surface area contributed by atoms with Crippen molar-refractivity contribution in [1.82, 2.24) is 0 Å². The number of nitrogens with zero attached hydrogens (tertiary/aromatic N) is 4. The van der Waals surface area contributed by atoms with Crippen molar-refractivity contribution in [2.24, 2.45) is 10.2 Å². The fourth-order valence-electron chi connectivity index (χ4n) is 1.00. The second-order valence-electron chi connectivity index (χ2n) is 4.46. The predicted molar refractivity (Wildman–Crippen MR) is 60.2 cm³/mol. The van der Waals surface area contributed by atoms with Crippen molar-refractivity contribution >= 4 is 11.4 Å². The Bertz CT molecular complexity index is 421. The van der Waals surface area contributed by atoms with E-state index in [4.69, 9.17) is 5.39 Å². The van der Waals surface area contributed by atoms with Gasteiger partial charge in [0.15, 0.2) is 10.7 Å². The van der Waals surface area contributed by atoms with Crippen LogP contribution in [0.4, 0.5) is 11.4 Å². The van der Waals surface area contributed by atoms with Crippen molar-refractivity contribution in [2.45, 2.75) is 33.2 Å². The monoisotopic (exact) mass is 203 g/mol. The van der Waals surface area contributed by atoms with Gasteiger partial charge in [0.05, 0.1) is 5.54 Å². The molecule has 0 amide bonds. The van der Waals surface area contributed by atoms with E-state index in [1.165, 1.54) is 0 Å². The van der Waals surface area contributed by atoms with Gasteiger partial charge in [-0.15, -0.1) is 5.11 Å². The summed E-state index contributed by atoms with van der Waals surface area (Å²) >= 11 is 0. The summed E-state index contributed by atoms with van der Waals surface area (Å²) < 4.78 is 0. The lowest BCUT2D eigenvalue weighted by Crippen LogP contribution is -2.07. The maximum Gasteiger partial charge on any atom is 0.412 e. The first-order valence-electron chi connectivity index (χ1n) is 4.81. The molecule has 0 aromatic heterocycles. The Morgan fingerprint density at radius 1 is 1.27 bits per heavy atom. The van der Waals surface area contributed by atoms with Crippen LogP contribution in [0, 0.1) is 12.3 Å². The van der Waals surface area contributed by atoms with Crippen LogP contribution in [0.2, 0.25) is 0 Å². The number of hydrogen-bond donors (Lipinski definition) is 0. The topological polar surface area (TPSA) is 52.9 Å². The lowest BCUT2D eigenvalue weighted by atomic mass is 10.1. The number of aryl methyl sites for hydroxylation is 1. The average molecular weight is 203 g/mol. The Labute approximate surface area is 89.7 Å². The molecule has 15 heavy (non-hydrogen) atoms. The fourth-order valence-corrected chi connectivity index (χ4v) is 1.00. The van der Waals surface area contributed by atoms with Gasteiger partial charge in [0, 0.05) is 6.07 Å². The zero-order chi connectivity index (χ0) is 11.5. The van der Waals surface area contributed by atoms with Crippen molar-refractivity contribution in [2.75, 3.05) is 0 Å². The summed E-state index contributed by atoms with van der Waals surface area (Å²) in [7, 11) is 0. The van der Waals surface area contributed by atoms with Gasteiger partial charge in [0.25, 0.3) is 0 Å². The molecule has 0 heterocycles. The van der Waals surface area contributed by atoms with Crippen LogP contribution in [-0.4, -0.2) is 5.54 Å². The van der Waals surface area contributed by atoms with E-state index in [9.17, 15) is 0 Å². The SMILES string of the molecule is Cc1ccc(N=NC(C)(C)C)c([N+]#N)c1. The van der Waals surface area contributed by atoms with Gasteiger partial charge in [-0.25, -0.2) is 0 Å². The second-order valence-corrected chi connectivity index (χ2v) is 4.46. The van der Waals surface area contributed by atoms with E-state index in [0.717, 1.165) is 5.56 Å². The predicted octanol–water partition coefficient (Wildman–Crippen LogP) is 4.36. The molecular weight excluding hydrogens is 188 g/mol. The molecule has 0 atom stereocenters. The van der Waals surface area contributed by atoms with Crippen molar-refractivity contribution in [1.29, 1.82) is 5.39 Å². The number of hydrogen-bond acceptors (Lipinski definition) is 3. The van der Waals surface area contributed by atoms with Gasteiger partial charge in [-0.3, -0.25) is 0 Å². The Hall–Kier alpha value is -1.76. The molecule has 4 nitrogen and oxygen atoms in total. The van der Waals surface area contributed by atoms with E-state index in [2.05, 4.69) is 15.2 Å². The van der Waals surface area contributed by atoms with Crippen LogP contribution < -0.4 is 0 Å². The number of azo groups is 1. The highest BCUT2D eigenvalue weighted by molar-refractivity contribution is 5.66. The van der Waals surface area contributed by atoms with Crippen LogP contribution in [-0.2, 0) is 0 Å². The molecule has 4 heteroatoms. The molecule has 0 aliphatic rings. The molecule has 0 saturated carbocycles. The van der Waals surface area contributed by atoms with Crippen LogP contribution in [0.5, 0.6) is 0 Å². The van der Waals surface area contributed by atoms with Crippen LogP contribution in [0.15, 0.2) is 28.4 Å². The second kappa shape index (κ2) is 4.18. The Kier molecular flexibility index (Phi) is 3.15. The van der Waals surface area contributed by atoms with Crippen molar-refractivity contribution < 1.29 is 0 Å². The maximum absolute atomic E-state index is 8.80. The van der Waals surface area contributed by atoms with Gasteiger partial charge in [-0.2, -0.15) is 5.11 Å². The molecule has 0 unspecified atom stereocenters. The van der Waals surface area contributed by atoms with E-state index in [0.29, 0.717) is 11.4 Å². The van der Waals surface area contributed by atoms with Gasteiger partial charge in [0.1, 0.15) is 0 Å². The van der Waals surface area contributed by atoms with Gasteiger partial charge in [-0.05, 0) is 39.3 Å². The van der Waals surface area contributed by atoms with Gasteiger partial charge >= 0.3 is 5.69 Å². The normalized spacial score (nSPS) is 11.7. The first-order chi connectivity index (χ1) is 6.92. The third-order valence-electron chi connectivity index (χ3n) is 1.70. The summed E-state index contributed by atoms with van der Waals surface area (Å²) in [4.78, 5) is 3.18. The van der Waals surface area contributed by atoms with E-state index in [-0.39, 0.29) is 5.54 Å². The standard InChI is InChI=1S/C11H15N4/c1-8-5-6-9(10(7-8)13-12)14-15-11(2,3)4/h5-7H,1-4H3/q+1. The first kappa shape index (κ1) is 11.3. The number of benzene rings is 1. The Balaban J connectivity index is 3.07. The molecule has 0 N–H and O–H groups in total. The Morgan fingerprint density at radius 3 is 2.47 bits per heavy atom. The van der Waals surface area contributed by atoms with Gasteiger partial charge < -0.3 is 0 Å². The lowest BCUT2D eigenvalue weighted by molar-refractivity contribution is 0.552. The Morgan fingerprint density at radius 2 is 1.93 bits per heavy atom. The van der Waals surface area contributed by atoms with Crippen molar-refractivity contribution in [3.63, 3.8) is 0 Å². The minimum atomic E-state index is -0.225. The molecule has 1 aromatic rings. The largest absolute Gasteiger partial charge is 0.412 e. The highest BCUT2D eigenvalue weighted by Crippen LogP contribution is 2.29. The molecule has 1 aromatic carbocycles. The quantitative estimate of drug-likeness (QED) is 0.494. The molecule has 0 spiro atoms. The van der Waals surface area contributed by atoms with Gasteiger partial charge in [0.2, 0.25) is 5.39 Å². The fraction of sp³-hybridized carbons (Fsp3) is 0.455. The molecular formula is C11H15N4+. The third-order valence-corrected chi connectivity index (χ3v) is 1.70. The summed E-state index contributed by atoms with van der Waals surface area (Å²) in [6.45, 7) is 7.81. The summed E-state index contributed by atoms with van der Waals surface area (Å²) in [5, 5.41) is 17.0. The summed E-state index contributed by atoms with van der Waals surface area (Å²) in [6.07, 6.45) is 0. The van der Waals surface area contributed by atoms with E-state index >= 15 is 0 Å². The zero-order valence-electron chi connectivity index (χ0n) is 9.52. The molecule has 0 radical (unpaired) electrons. The highest BCUT2D eigenvalue weighted by atomic mass is 15.1. The van der Waals surface area contributed by atoms with Crippen LogP contribution in [0.3, 0.4) is 0 Å². The summed E-state index contributed by atoms with van der Waals surface area (Å²) in [6, 6.07) is 5.46. The highest BCUT2D eigenvalue weighted by Gasteiger charge is 2.14. The molecule has 0 fully saturated rings. The molecule has 78 valence electrons. The minimum absolute atomic E-state index is 0.225. The number of diazo groups is 1. The lowest BCUT2D eigenvalue weighted by Gasteiger charge is -2.08. The maximum atomic E-state index is 8.80. The zero-order valence-corrected chi connectivity index (χ0v) is 9.52. The minimum Gasteiger partial charge on any atom is -0.183 e. The summed E-state index contributed by atoms with van der Waals surface area (Å²) in [5.74, 6) is 0. The van der Waals surface area contributed by atoms with Crippen molar-refractivity contribution in [3.05, 3.63) is 28.7 Å². The number of rotatable bonds is 1. The van der Waals surface area contributed by atoms with Crippen LogP contribution in [0.1, 0.15) is 26.3 Å². The van der Waals surface area contributed by atoms with Crippen molar-refractivity contribution in [3.8, 4) is 0 Å². The van der Waals surface area contributed by atoms with E-state index < -0.39 is 0 Å². The van der Waals surface area contributed by atoms with Crippen LogP contribution >= 0.6 is 0 Å². The molecule has 0 aliphatic heterocycles. The molecule has 1 rings (SSSR count). The van der Waals surface area contributed by atoms with Crippen LogP contribution in [0.25, 0.3) is 4.98 Å². The van der Waals surface area contributed by atoms with E-state index in [1.54, 1.807) is 12.1 Å². The van der Waals surface area contributed by atoms with E-state index in [1.807, 2.05) is 33.8 Å². The molecule has 0 bridgehead atoms.